The van der Waals surface area contributed by atoms with Gasteiger partial charge in [0.2, 0.25) is 0 Å². The minimum absolute atomic E-state index is 0.0515. The van der Waals surface area contributed by atoms with Crippen molar-refractivity contribution in [2.75, 3.05) is 20.6 Å². The van der Waals surface area contributed by atoms with E-state index in [2.05, 4.69) is 45.0 Å². The summed E-state index contributed by atoms with van der Waals surface area (Å²) in [6, 6.07) is 8.43. The summed E-state index contributed by atoms with van der Waals surface area (Å²) in [5.41, 5.74) is 2.49. The van der Waals surface area contributed by atoms with E-state index in [-0.39, 0.29) is 22.7 Å². The second kappa shape index (κ2) is 9.83. The molecular formula is C22H35NO3S. The van der Waals surface area contributed by atoms with Gasteiger partial charge < -0.3 is 9.64 Å². The van der Waals surface area contributed by atoms with Crippen molar-refractivity contribution in [3.63, 3.8) is 0 Å². The molecule has 0 aliphatic heterocycles. The summed E-state index contributed by atoms with van der Waals surface area (Å²) in [5, 5.41) is -0.0515. The molecule has 0 aromatic heterocycles. The van der Waals surface area contributed by atoms with Crippen LogP contribution in [0.5, 0.6) is 0 Å². The van der Waals surface area contributed by atoms with Crippen LogP contribution in [0, 0.1) is 0 Å². The van der Waals surface area contributed by atoms with Crippen LogP contribution in [0.25, 0.3) is 0 Å². The number of ether oxygens (including phenoxy) is 1. The molecule has 0 heterocycles. The highest BCUT2D eigenvalue weighted by molar-refractivity contribution is 7.84. The maximum Gasteiger partial charge on any atom is 0.307 e. The molecule has 0 saturated heterocycles. The second-order valence-corrected chi connectivity index (χ2v) is 10.5. The van der Waals surface area contributed by atoms with Gasteiger partial charge in [-0.25, -0.2) is 0 Å². The van der Waals surface area contributed by atoms with Gasteiger partial charge in [-0.05, 0) is 49.9 Å². The van der Waals surface area contributed by atoms with Crippen LogP contribution in [0.4, 0.5) is 0 Å². The molecule has 0 spiro atoms. The zero-order chi connectivity index (χ0) is 20.0. The Labute approximate surface area is 167 Å². The molecule has 1 aromatic rings. The number of hydrogen-bond donors (Lipinski definition) is 0. The van der Waals surface area contributed by atoms with Gasteiger partial charge in [-0.1, -0.05) is 51.5 Å². The van der Waals surface area contributed by atoms with Crippen LogP contribution in [0.2, 0.25) is 0 Å². The zero-order valence-electron chi connectivity index (χ0n) is 17.5. The van der Waals surface area contributed by atoms with E-state index in [9.17, 15) is 9.00 Å². The number of carbonyl (C=O) groups excluding carboxylic acids is 1. The fourth-order valence-corrected chi connectivity index (χ4v) is 5.11. The van der Waals surface area contributed by atoms with Gasteiger partial charge in [-0.2, -0.15) is 0 Å². The Morgan fingerprint density at radius 1 is 1.15 bits per heavy atom. The largest absolute Gasteiger partial charge is 0.461 e. The molecule has 0 N–H and O–H groups in total. The molecule has 152 valence electrons. The van der Waals surface area contributed by atoms with E-state index in [1.54, 1.807) is 0 Å². The summed E-state index contributed by atoms with van der Waals surface area (Å²) in [5.74, 6) is 0.355. The maximum absolute atomic E-state index is 13.0. The highest BCUT2D eigenvalue weighted by Crippen LogP contribution is 2.28. The quantitative estimate of drug-likeness (QED) is 0.656. The van der Waals surface area contributed by atoms with Crippen LogP contribution in [0.1, 0.15) is 64.0 Å². The Morgan fingerprint density at radius 3 is 2.37 bits per heavy atom. The Morgan fingerprint density at radius 2 is 1.78 bits per heavy atom. The minimum atomic E-state index is -1.03. The number of esters is 1. The third-order valence-corrected chi connectivity index (χ3v) is 6.99. The lowest BCUT2D eigenvalue weighted by molar-refractivity contribution is -0.150. The van der Waals surface area contributed by atoms with Gasteiger partial charge in [0, 0.05) is 23.1 Å². The molecule has 1 fully saturated rings. The summed E-state index contributed by atoms with van der Waals surface area (Å²) in [4.78, 5) is 14.1. The molecule has 1 saturated carbocycles. The van der Waals surface area contributed by atoms with Gasteiger partial charge in [-0.3, -0.25) is 9.00 Å². The van der Waals surface area contributed by atoms with Crippen LogP contribution >= 0.6 is 0 Å². The molecule has 0 radical (unpaired) electrons. The van der Waals surface area contributed by atoms with Gasteiger partial charge >= 0.3 is 5.97 Å². The Hall–Kier alpha value is -1.20. The van der Waals surface area contributed by atoms with Gasteiger partial charge in [0.1, 0.15) is 6.10 Å². The summed E-state index contributed by atoms with van der Waals surface area (Å²) in [7, 11) is 2.85. The van der Waals surface area contributed by atoms with Crippen molar-refractivity contribution < 1.29 is 13.7 Å². The molecule has 27 heavy (non-hydrogen) atoms. The second-order valence-electron chi connectivity index (χ2n) is 8.88. The van der Waals surface area contributed by atoms with Crippen LogP contribution < -0.4 is 0 Å². The van der Waals surface area contributed by atoms with E-state index in [4.69, 9.17) is 4.74 Å². The molecule has 3 atom stereocenters. The summed E-state index contributed by atoms with van der Waals surface area (Å²) >= 11 is 0. The molecule has 0 bridgehead atoms. The standard InChI is InChI=1S/C22H35NO3S/c1-22(2,3)18-12-10-17(11-13-18)16-27(25)20-9-7-6-8-19(20)26-21(24)14-15-23(4)5/h10-13,19-20H,6-9,14-16H2,1-5H3/t19-,20+,27+/m0/s1. The number of rotatable bonds is 7. The zero-order valence-corrected chi connectivity index (χ0v) is 18.3. The smallest absolute Gasteiger partial charge is 0.307 e. The van der Waals surface area contributed by atoms with E-state index in [1.807, 2.05) is 19.0 Å². The third-order valence-electron chi connectivity index (χ3n) is 5.15. The molecule has 1 aromatic carbocycles. The van der Waals surface area contributed by atoms with Crippen molar-refractivity contribution in [2.45, 2.75) is 75.4 Å². The van der Waals surface area contributed by atoms with Crippen LogP contribution in [0.15, 0.2) is 24.3 Å². The average Bonchev–Trinajstić information content (AvgIpc) is 2.60. The first-order chi connectivity index (χ1) is 12.7. The molecule has 0 amide bonds. The summed E-state index contributed by atoms with van der Waals surface area (Å²) in [6.07, 6.45) is 3.98. The lowest BCUT2D eigenvalue weighted by atomic mass is 9.87. The highest BCUT2D eigenvalue weighted by Gasteiger charge is 2.32. The molecule has 5 heteroatoms. The molecule has 4 nitrogen and oxygen atoms in total. The van der Waals surface area contributed by atoms with Crippen LogP contribution in [-0.4, -0.2) is 47.1 Å². The molecule has 0 unspecified atom stereocenters. The fraction of sp³-hybridized carbons (Fsp3) is 0.682. The van der Waals surface area contributed by atoms with Crippen molar-refractivity contribution in [1.29, 1.82) is 0 Å². The topological polar surface area (TPSA) is 46.6 Å². The monoisotopic (exact) mass is 393 g/mol. The lowest BCUT2D eigenvalue weighted by Gasteiger charge is -2.30. The van der Waals surface area contributed by atoms with Gasteiger partial charge in [0.25, 0.3) is 0 Å². The number of hydrogen-bond acceptors (Lipinski definition) is 4. The summed E-state index contributed by atoms with van der Waals surface area (Å²) < 4.78 is 18.7. The number of benzene rings is 1. The molecular weight excluding hydrogens is 358 g/mol. The Balaban J connectivity index is 1.97. The summed E-state index contributed by atoms with van der Waals surface area (Å²) in [6.45, 7) is 7.26. The number of nitrogens with zero attached hydrogens (tertiary/aromatic N) is 1. The van der Waals surface area contributed by atoms with Gasteiger partial charge in [0.05, 0.1) is 11.7 Å². The van der Waals surface area contributed by atoms with E-state index in [0.717, 1.165) is 31.2 Å². The lowest BCUT2D eigenvalue weighted by Crippen LogP contribution is -2.38. The van der Waals surface area contributed by atoms with Crippen molar-refractivity contribution >= 4 is 16.8 Å². The van der Waals surface area contributed by atoms with E-state index in [0.29, 0.717) is 18.7 Å². The van der Waals surface area contributed by atoms with Crippen molar-refractivity contribution in [1.82, 2.24) is 4.90 Å². The van der Waals surface area contributed by atoms with E-state index < -0.39 is 10.8 Å². The first-order valence-electron chi connectivity index (χ1n) is 9.97. The van der Waals surface area contributed by atoms with Gasteiger partial charge in [0.15, 0.2) is 0 Å². The van der Waals surface area contributed by atoms with Crippen molar-refractivity contribution in [3.05, 3.63) is 35.4 Å². The van der Waals surface area contributed by atoms with Crippen LogP contribution in [-0.2, 0) is 31.5 Å². The fourth-order valence-electron chi connectivity index (χ4n) is 3.41. The SMILES string of the molecule is CN(C)CCC(=O)O[C@H]1CCCC[C@H]1[S@](=O)Cc1ccc(C(C)(C)C)cc1. The normalized spacial score (nSPS) is 21.9. The highest BCUT2D eigenvalue weighted by atomic mass is 32.2. The Bertz CT molecular complexity index is 634. The minimum Gasteiger partial charge on any atom is -0.461 e. The first-order valence-corrected chi connectivity index (χ1v) is 11.4. The van der Waals surface area contributed by atoms with Crippen molar-refractivity contribution in [2.24, 2.45) is 0 Å². The predicted molar refractivity (Wildman–Crippen MR) is 112 cm³/mol. The third kappa shape index (κ3) is 7.04. The Kier molecular flexibility index (Phi) is 8.04. The molecule has 1 aliphatic carbocycles. The molecule has 1 aliphatic rings. The van der Waals surface area contributed by atoms with Crippen molar-refractivity contribution in [3.8, 4) is 0 Å². The van der Waals surface area contributed by atoms with E-state index in [1.165, 1.54) is 5.56 Å². The van der Waals surface area contributed by atoms with E-state index >= 15 is 0 Å². The van der Waals surface area contributed by atoms with Gasteiger partial charge in [-0.15, -0.1) is 0 Å². The predicted octanol–water partition coefficient (Wildman–Crippen LogP) is 4.04. The number of carbonyl (C=O) groups is 1. The van der Waals surface area contributed by atoms with Crippen LogP contribution in [0.3, 0.4) is 0 Å². The first kappa shape index (κ1) is 22.1. The maximum atomic E-state index is 13.0. The average molecular weight is 394 g/mol. The molecule has 2 rings (SSSR count).